The summed E-state index contributed by atoms with van der Waals surface area (Å²) in [6.07, 6.45) is 15.8. The Morgan fingerprint density at radius 2 is 1.00 bits per heavy atom. The second kappa shape index (κ2) is 26.7. The number of unbranched alkanes of at least 4 members (excludes halogenated alkanes) is 9. The molecule has 0 aliphatic rings. The molecular formula is C19H44N2O2. The number of rotatable bonds is 17. The smallest absolute Gasteiger partial charge is 0.0478 e. The Morgan fingerprint density at radius 1 is 0.565 bits per heavy atom. The molecule has 23 heavy (non-hydrogen) atoms. The fraction of sp³-hybridized carbons (Fsp3) is 1.00. The van der Waals surface area contributed by atoms with Gasteiger partial charge in [-0.1, -0.05) is 64.7 Å². The molecule has 4 N–H and O–H groups in total. The molecule has 4 heteroatoms. The van der Waals surface area contributed by atoms with Crippen LogP contribution in [0.2, 0.25) is 0 Å². The fourth-order valence-electron chi connectivity index (χ4n) is 2.21. The first-order chi connectivity index (χ1) is 11.3. The highest BCUT2D eigenvalue weighted by atomic mass is 16.5. The van der Waals surface area contributed by atoms with Crippen LogP contribution in [0.5, 0.6) is 0 Å². The Labute approximate surface area is 145 Å². The zero-order chi connectivity index (χ0) is 17.4. The van der Waals surface area contributed by atoms with Crippen molar-refractivity contribution >= 4 is 0 Å². The summed E-state index contributed by atoms with van der Waals surface area (Å²) in [5.41, 5.74) is 10.5. The van der Waals surface area contributed by atoms with Crippen molar-refractivity contribution in [2.45, 2.75) is 84.0 Å². The highest BCUT2D eigenvalue weighted by Gasteiger charge is 1.93. The fourth-order valence-corrected chi connectivity index (χ4v) is 2.21. The molecule has 0 atom stereocenters. The van der Waals surface area contributed by atoms with E-state index in [1.807, 2.05) is 0 Å². The zero-order valence-corrected chi connectivity index (χ0v) is 16.0. The summed E-state index contributed by atoms with van der Waals surface area (Å²) in [7, 11) is 1.68. The van der Waals surface area contributed by atoms with Crippen LogP contribution in [0.25, 0.3) is 0 Å². The van der Waals surface area contributed by atoms with Crippen LogP contribution in [-0.2, 0) is 9.47 Å². The van der Waals surface area contributed by atoms with E-state index in [-0.39, 0.29) is 0 Å². The summed E-state index contributed by atoms with van der Waals surface area (Å²) >= 11 is 0. The molecule has 0 aliphatic heterocycles. The van der Waals surface area contributed by atoms with Crippen LogP contribution in [0, 0.1) is 0 Å². The molecule has 0 saturated carbocycles. The van der Waals surface area contributed by atoms with Crippen molar-refractivity contribution in [1.29, 1.82) is 0 Å². The number of nitrogens with two attached hydrogens (primary N) is 2. The van der Waals surface area contributed by atoms with Gasteiger partial charge in [0.05, 0.1) is 0 Å². The Morgan fingerprint density at radius 3 is 1.43 bits per heavy atom. The molecule has 0 radical (unpaired) electrons. The summed E-state index contributed by atoms with van der Waals surface area (Å²) in [6, 6.07) is 0. The first-order valence-corrected chi connectivity index (χ1v) is 9.80. The van der Waals surface area contributed by atoms with Gasteiger partial charge < -0.3 is 20.9 Å². The summed E-state index contributed by atoms with van der Waals surface area (Å²) < 4.78 is 10.2. The van der Waals surface area contributed by atoms with E-state index in [0.29, 0.717) is 0 Å². The Kier molecular flexibility index (Phi) is 29.1. The lowest BCUT2D eigenvalue weighted by molar-refractivity contribution is 0.129. The SMILES string of the molecule is CCCCCCCCCCCCOCCCN.COCCCN. The van der Waals surface area contributed by atoms with E-state index in [1.54, 1.807) is 7.11 Å². The quantitative estimate of drug-likeness (QED) is 0.391. The molecule has 0 rings (SSSR count). The lowest BCUT2D eigenvalue weighted by Crippen LogP contribution is -2.04. The van der Waals surface area contributed by atoms with Gasteiger partial charge in [-0.05, 0) is 32.4 Å². The van der Waals surface area contributed by atoms with Gasteiger partial charge in [-0.3, -0.25) is 0 Å². The third-order valence-electron chi connectivity index (χ3n) is 3.69. The molecule has 0 aromatic carbocycles. The third kappa shape index (κ3) is 30.3. The Balaban J connectivity index is 0. The van der Waals surface area contributed by atoms with Crippen LogP contribution in [0.4, 0.5) is 0 Å². The van der Waals surface area contributed by atoms with Crippen molar-refractivity contribution < 1.29 is 9.47 Å². The van der Waals surface area contributed by atoms with Gasteiger partial charge >= 0.3 is 0 Å². The lowest BCUT2D eigenvalue weighted by atomic mass is 10.1. The maximum absolute atomic E-state index is 5.47. The minimum absolute atomic E-state index is 0.730. The van der Waals surface area contributed by atoms with E-state index in [2.05, 4.69) is 6.92 Å². The highest BCUT2D eigenvalue weighted by molar-refractivity contribution is 4.47. The largest absolute Gasteiger partial charge is 0.385 e. The van der Waals surface area contributed by atoms with Gasteiger partial charge in [0.25, 0.3) is 0 Å². The average Bonchev–Trinajstić information content (AvgIpc) is 2.58. The molecule has 0 heterocycles. The average molecular weight is 333 g/mol. The predicted octanol–water partition coefficient (Wildman–Crippen LogP) is 4.25. The van der Waals surface area contributed by atoms with Crippen LogP contribution in [-0.4, -0.2) is 40.0 Å². The van der Waals surface area contributed by atoms with E-state index < -0.39 is 0 Å². The molecule has 0 aromatic rings. The van der Waals surface area contributed by atoms with Crippen molar-refractivity contribution in [3.8, 4) is 0 Å². The van der Waals surface area contributed by atoms with Gasteiger partial charge in [0.2, 0.25) is 0 Å². The molecule has 0 aliphatic carbocycles. The molecule has 0 bridgehead atoms. The molecule has 0 spiro atoms. The molecule has 0 fully saturated rings. The highest BCUT2D eigenvalue weighted by Crippen LogP contribution is 2.10. The number of ether oxygens (including phenoxy) is 2. The van der Waals surface area contributed by atoms with Gasteiger partial charge in [0.1, 0.15) is 0 Å². The Hall–Kier alpha value is -0.160. The summed E-state index contributed by atoms with van der Waals surface area (Å²) in [5.74, 6) is 0. The third-order valence-corrected chi connectivity index (χ3v) is 3.69. The van der Waals surface area contributed by atoms with Crippen LogP contribution in [0.3, 0.4) is 0 Å². The van der Waals surface area contributed by atoms with Crippen LogP contribution < -0.4 is 11.5 Å². The molecule has 4 nitrogen and oxygen atoms in total. The molecule has 0 saturated heterocycles. The van der Waals surface area contributed by atoms with Crippen molar-refractivity contribution in [3.63, 3.8) is 0 Å². The van der Waals surface area contributed by atoms with E-state index in [0.717, 1.165) is 45.8 Å². The second-order valence-corrected chi connectivity index (χ2v) is 6.07. The van der Waals surface area contributed by atoms with Gasteiger partial charge in [-0.2, -0.15) is 0 Å². The molecule has 0 aromatic heterocycles. The topological polar surface area (TPSA) is 70.5 Å². The van der Waals surface area contributed by atoms with Gasteiger partial charge in [-0.25, -0.2) is 0 Å². The van der Waals surface area contributed by atoms with E-state index in [4.69, 9.17) is 20.9 Å². The monoisotopic (exact) mass is 332 g/mol. The van der Waals surface area contributed by atoms with Crippen LogP contribution >= 0.6 is 0 Å². The Bertz CT molecular complexity index is 163. The summed E-state index contributed by atoms with van der Waals surface area (Å²) in [6.45, 7) is 6.31. The summed E-state index contributed by atoms with van der Waals surface area (Å²) in [4.78, 5) is 0. The minimum atomic E-state index is 0.730. The normalized spacial score (nSPS) is 10.4. The first kappa shape index (κ1) is 25.1. The number of methoxy groups -OCH3 is 1. The van der Waals surface area contributed by atoms with Crippen molar-refractivity contribution in [2.24, 2.45) is 11.5 Å². The summed E-state index contributed by atoms with van der Waals surface area (Å²) in [5, 5.41) is 0. The van der Waals surface area contributed by atoms with Crippen LogP contribution in [0.1, 0.15) is 84.0 Å². The second-order valence-electron chi connectivity index (χ2n) is 6.07. The predicted molar refractivity (Wildman–Crippen MR) is 102 cm³/mol. The van der Waals surface area contributed by atoms with E-state index in [1.165, 1.54) is 64.2 Å². The maximum atomic E-state index is 5.47. The number of hydrogen-bond acceptors (Lipinski definition) is 4. The van der Waals surface area contributed by atoms with Crippen molar-refractivity contribution in [2.75, 3.05) is 40.0 Å². The van der Waals surface area contributed by atoms with E-state index >= 15 is 0 Å². The molecular weight excluding hydrogens is 288 g/mol. The van der Waals surface area contributed by atoms with Gasteiger partial charge in [-0.15, -0.1) is 0 Å². The molecule has 0 unspecified atom stereocenters. The van der Waals surface area contributed by atoms with Gasteiger partial charge in [0.15, 0.2) is 0 Å². The molecule has 0 amide bonds. The van der Waals surface area contributed by atoms with Gasteiger partial charge in [0, 0.05) is 26.9 Å². The maximum Gasteiger partial charge on any atom is 0.0478 e. The minimum Gasteiger partial charge on any atom is -0.385 e. The van der Waals surface area contributed by atoms with Crippen molar-refractivity contribution in [1.82, 2.24) is 0 Å². The molecule has 142 valence electrons. The number of hydrogen-bond donors (Lipinski definition) is 2. The lowest BCUT2D eigenvalue weighted by Gasteiger charge is -2.03. The first-order valence-electron chi connectivity index (χ1n) is 9.80. The van der Waals surface area contributed by atoms with Crippen LogP contribution in [0.15, 0.2) is 0 Å². The van der Waals surface area contributed by atoms with E-state index in [9.17, 15) is 0 Å². The standard InChI is InChI=1S/C15H33NO.C4H11NO/c1-2-3-4-5-6-7-8-9-10-11-14-17-15-12-13-16;1-6-4-2-3-5/h2-16H2,1H3;2-5H2,1H3. The van der Waals surface area contributed by atoms with Crippen molar-refractivity contribution in [3.05, 3.63) is 0 Å². The zero-order valence-electron chi connectivity index (χ0n) is 16.0.